The van der Waals surface area contributed by atoms with Gasteiger partial charge in [-0.3, -0.25) is 0 Å². The van der Waals surface area contributed by atoms with Gasteiger partial charge >= 0.3 is 0 Å². The molecule has 20 heavy (non-hydrogen) atoms. The second-order valence-electron chi connectivity index (χ2n) is 4.63. The summed E-state index contributed by atoms with van der Waals surface area (Å²) in [5.41, 5.74) is 1.01. The van der Waals surface area contributed by atoms with Gasteiger partial charge in [-0.2, -0.15) is 0 Å². The minimum atomic E-state index is -0.542. The third kappa shape index (κ3) is 8.32. The highest BCUT2D eigenvalue weighted by Gasteiger charge is 2.04. The van der Waals surface area contributed by atoms with Crippen LogP contribution in [-0.2, 0) is 4.74 Å². The Morgan fingerprint density at radius 1 is 1.40 bits per heavy atom. The van der Waals surface area contributed by atoms with Crippen molar-refractivity contribution in [1.29, 1.82) is 0 Å². The molecule has 1 rings (SSSR count). The normalized spacial score (nSPS) is 12.2. The topological polar surface area (TPSA) is 50.7 Å². The highest BCUT2D eigenvalue weighted by Crippen LogP contribution is 2.16. The largest absolute Gasteiger partial charge is 0.491 e. The molecule has 1 aromatic carbocycles. The molecule has 0 spiro atoms. The van der Waals surface area contributed by atoms with E-state index in [0.717, 1.165) is 15.8 Å². The van der Waals surface area contributed by atoms with Crippen molar-refractivity contribution in [3.05, 3.63) is 40.9 Å². The Morgan fingerprint density at radius 3 is 2.75 bits per heavy atom. The summed E-state index contributed by atoms with van der Waals surface area (Å²) in [5.74, 6) is 0.747. The molecule has 0 aliphatic rings. The van der Waals surface area contributed by atoms with Gasteiger partial charge < -0.3 is 19.9 Å². The van der Waals surface area contributed by atoms with Crippen LogP contribution in [0.25, 0.3) is 0 Å². The van der Waals surface area contributed by atoms with E-state index in [0.29, 0.717) is 26.3 Å². The summed E-state index contributed by atoms with van der Waals surface area (Å²) in [6.07, 6.45) is -0.542. The molecule has 0 bridgehead atoms. The fourth-order valence-electron chi connectivity index (χ4n) is 1.44. The lowest BCUT2D eigenvalue weighted by atomic mass is 10.3. The summed E-state index contributed by atoms with van der Waals surface area (Å²) in [4.78, 5) is 0. The van der Waals surface area contributed by atoms with Crippen LogP contribution >= 0.6 is 15.9 Å². The molecule has 0 radical (unpaired) electrons. The molecule has 4 nitrogen and oxygen atoms in total. The molecule has 0 amide bonds. The van der Waals surface area contributed by atoms with Crippen molar-refractivity contribution < 1.29 is 14.6 Å². The Hall–Kier alpha value is -0.880. The molecular formula is C15H22BrNO3. The number of halogens is 1. The van der Waals surface area contributed by atoms with Crippen molar-refractivity contribution in [2.75, 3.05) is 32.9 Å². The minimum Gasteiger partial charge on any atom is -0.491 e. The van der Waals surface area contributed by atoms with E-state index in [-0.39, 0.29) is 6.61 Å². The summed E-state index contributed by atoms with van der Waals surface area (Å²) in [6.45, 7) is 8.31. The second kappa shape index (κ2) is 9.94. The van der Waals surface area contributed by atoms with E-state index < -0.39 is 6.10 Å². The number of hydrogen-bond donors (Lipinski definition) is 2. The summed E-state index contributed by atoms with van der Waals surface area (Å²) < 4.78 is 11.8. The first kappa shape index (κ1) is 17.2. The minimum absolute atomic E-state index is 0.265. The fourth-order valence-corrected chi connectivity index (χ4v) is 1.71. The zero-order valence-electron chi connectivity index (χ0n) is 11.8. The van der Waals surface area contributed by atoms with Gasteiger partial charge in [0, 0.05) is 17.6 Å². The number of aliphatic hydroxyl groups excluding tert-OH is 1. The van der Waals surface area contributed by atoms with E-state index in [1.165, 1.54) is 0 Å². The molecular weight excluding hydrogens is 322 g/mol. The van der Waals surface area contributed by atoms with Gasteiger partial charge in [0.25, 0.3) is 0 Å². The Labute approximate surface area is 128 Å². The molecule has 0 aromatic heterocycles. The maximum absolute atomic E-state index is 9.76. The molecule has 2 N–H and O–H groups in total. The molecule has 112 valence electrons. The zero-order valence-corrected chi connectivity index (χ0v) is 13.4. The van der Waals surface area contributed by atoms with E-state index in [2.05, 4.69) is 27.8 Å². The van der Waals surface area contributed by atoms with E-state index in [1.807, 2.05) is 31.2 Å². The monoisotopic (exact) mass is 343 g/mol. The highest BCUT2D eigenvalue weighted by atomic mass is 79.9. The number of nitrogens with one attached hydrogen (secondary N) is 1. The molecule has 1 atom stereocenters. The van der Waals surface area contributed by atoms with Crippen molar-refractivity contribution >= 4 is 15.9 Å². The molecule has 0 saturated heterocycles. The molecule has 1 unspecified atom stereocenters. The Balaban J connectivity index is 2.04. The van der Waals surface area contributed by atoms with Gasteiger partial charge in [0.05, 0.1) is 13.2 Å². The number of ether oxygens (including phenoxy) is 2. The summed E-state index contributed by atoms with van der Waals surface area (Å²) in [5, 5.41) is 12.9. The first-order valence-electron chi connectivity index (χ1n) is 6.57. The molecule has 0 aliphatic carbocycles. The molecule has 5 heteroatoms. The number of benzene rings is 1. The summed E-state index contributed by atoms with van der Waals surface area (Å²) >= 11 is 3.36. The summed E-state index contributed by atoms with van der Waals surface area (Å²) in [6, 6.07) is 7.52. The molecule has 1 aromatic rings. The quantitative estimate of drug-likeness (QED) is 0.505. The Kier molecular flexibility index (Phi) is 8.53. The van der Waals surface area contributed by atoms with E-state index in [1.54, 1.807) is 0 Å². The maximum atomic E-state index is 9.76. The lowest BCUT2D eigenvalue weighted by molar-refractivity contribution is 0.101. The highest BCUT2D eigenvalue weighted by molar-refractivity contribution is 9.10. The van der Waals surface area contributed by atoms with Crippen molar-refractivity contribution in [2.24, 2.45) is 0 Å². The number of hydrogen-bond acceptors (Lipinski definition) is 4. The van der Waals surface area contributed by atoms with Crippen LogP contribution in [0, 0.1) is 0 Å². The predicted octanol–water partition coefficient (Wildman–Crippen LogP) is 2.37. The summed E-state index contributed by atoms with van der Waals surface area (Å²) in [7, 11) is 0. The van der Waals surface area contributed by atoms with Gasteiger partial charge in [0.1, 0.15) is 18.5 Å². The van der Waals surface area contributed by atoms with Gasteiger partial charge in [0.2, 0.25) is 0 Å². The van der Waals surface area contributed by atoms with Crippen LogP contribution in [0.1, 0.15) is 6.92 Å². The average Bonchev–Trinajstić information content (AvgIpc) is 2.41. The average molecular weight is 344 g/mol. The second-order valence-corrected chi connectivity index (χ2v) is 5.55. The van der Waals surface area contributed by atoms with Crippen LogP contribution in [0.4, 0.5) is 0 Å². The fraction of sp³-hybridized carbons (Fsp3) is 0.467. The van der Waals surface area contributed by atoms with Crippen LogP contribution in [0.2, 0.25) is 0 Å². The number of aliphatic hydroxyl groups is 1. The Morgan fingerprint density at radius 2 is 2.10 bits per heavy atom. The molecule has 0 heterocycles. The van der Waals surface area contributed by atoms with Gasteiger partial charge in [-0.15, -0.1) is 0 Å². The van der Waals surface area contributed by atoms with Gasteiger partial charge in [-0.25, -0.2) is 0 Å². The maximum Gasteiger partial charge on any atom is 0.119 e. The van der Waals surface area contributed by atoms with Gasteiger partial charge in [-0.1, -0.05) is 28.1 Å². The first-order chi connectivity index (χ1) is 9.58. The van der Waals surface area contributed by atoms with Gasteiger partial charge in [-0.05, 0) is 31.2 Å². The number of rotatable bonds is 10. The van der Waals surface area contributed by atoms with Crippen LogP contribution in [0.3, 0.4) is 0 Å². The van der Waals surface area contributed by atoms with Crippen LogP contribution in [-0.4, -0.2) is 44.1 Å². The van der Waals surface area contributed by atoms with E-state index >= 15 is 0 Å². The molecule has 0 saturated carbocycles. The van der Waals surface area contributed by atoms with Gasteiger partial charge in [0.15, 0.2) is 0 Å². The smallest absolute Gasteiger partial charge is 0.119 e. The van der Waals surface area contributed by atoms with Crippen molar-refractivity contribution in [3.63, 3.8) is 0 Å². The van der Waals surface area contributed by atoms with E-state index in [9.17, 15) is 5.11 Å². The van der Waals surface area contributed by atoms with Crippen LogP contribution in [0.5, 0.6) is 5.75 Å². The van der Waals surface area contributed by atoms with Crippen LogP contribution in [0.15, 0.2) is 40.9 Å². The SMILES string of the molecule is C=C(C)COCCNCC(O)COc1ccc(Br)cc1. The lowest BCUT2D eigenvalue weighted by Gasteiger charge is -2.13. The third-order valence-electron chi connectivity index (χ3n) is 2.41. The third-order valence-corrected chi connectivity index (χ3v) is 2.94. The Bertz CT molecular complexity index is 395. The van der Waals surface area contributed by atoms with Crippen molar-refractivity contribution in [2.45, 2.75) is 13.0 Å². The van der Waals surface area contributed by atoms with Crippen molar-refractivity contribution in [3.8, 4) is 5.75 Å². The first-order valence-corrected chi connectivity index (χ1v) is 7.36. The molecule has 0 aliphatic heterocycles. The standard InChI is InChI=1S/C15H22BrNO3/c1-12(2)10-19-8-7-17-9-14(18)11-20-15-5-3-13(16)4-6-15/h3-6,14,17-18H,1,7-11H2,2H3. The molecule has 0 fully saturated rings. The van der Waals surface area contributed by atoms with E-state index in [4.69, 9.17) is 9.47 Å². The lowest BCUT2D eigenvalue weighted by Crippen LogP contribution is -2.33. The van der Waals surface area contributed by atoms with Crippen LogP contribution < -0.4 is 10.1 Å². The van der Waals surface area contributed by atoms with Crippen molar-refractivity contribution in [1.82, 2.24) is 5.32 Å². The predicted molar refractivity (Wildman–Crippen MR) is 84.1 cm³/mol. The zero-order chi connectivity index (χ0) is 14.8.